The van der Waals surface area contributed by atoms with Gasteiger partial charge in [-0.1, -0.05) is 20.8 Å². The van der Waals surface area contributed by atoms with Crippen LogP contribution in [0.4, 0.5) is 0 Å². The minimum Gasteiger partial charge on any atom is -0.376 e. The van der Waals surface area contributed by atoms with E-state index < -0.39 is 0 Å². The summed E-state index contributed by atoms with van der Waals surface area (Å²) in [5, 5.41) is 0. The predicted molar refractivity (Wildman–Crippen MR) is 89.2 cm³/mol. The molecule has 132 valence electrons. The summed E-state index contributed by atoms with van der Waals surface area (Å²) in [4.78, 5) is 0. The molecule has 22 heavy (non-hydrogen) atoms. The van der Waals surface area contributed by atoms with E-state index in [1.165, 1.54) is 0 Å². The van der Waals surface area contributed by atoms with E-state index in [1.54, 1.807) is 7.11 Å². The molecule has 1 unspecified atom stereocenters. The van der Waals surface area contributed by atoms with E-state index in [0.29, 0.717) is 6.61 Å². The van der Waals surface area contributed by atoms with Crippen molar-refractivity contribution in [3.63, 3.8) is 0 Å². The molecule has 1 heterocycles. The van der Waals surface area contributed by atoms with Crippen LogP contribution in [0.1, 0.15) is 62.3 Å². The van der Waals surface area contributed by atoms with Crippen molar-refractivity contribution in [3.8, 4) is 0 Å². The maximum absolute atomic E-state index is 6.31. The van der Waals surface area contributed by atoms with Crippen LogP contribution >= 0.6 is 0 Å². The minimum absolute atomic E-state index is 0.0154. The van der Waals surface area contributed by atoms with Crippen molar-refractivity contribution in [2.45, 2.75) is 97.9 Å². The Morgan fingerprint density at radius 3 is 1.73 bits per heavy atom. The number of rotatable bonds is 4. The molecule has 0 saturated carbocycles. The fourth-order valence-electron chi connectivity index (χ4n) is 2.70. The SMILES string of the molecule is CO[C@H]1C(OC(C)(C)C)[C@@H](COC(C)(C)C)O[C@H]1C(C)(C)C. The highest BCUT2D eigenvalue weighted by atomic mass is 16.6. The van der Waals surface area contributed by atoms with E-state index in [2.05, 4.69) is 62.3 Å². The first-order valence-electron chi connectivity index (χ1n) is 8.24. The van der Waals surface area contributed by atoms with Gasteiger partial charge >= 0.3 is 0 Å². The van der Waals surface area contributed by atoms with Gasteiger partial charge in [-0.15, -0.1) is 0 Å². The van der Waals surface area contributed by atoms with Crippen LogP contribution < -0.4 is 0 Å². The third kappa shape index (κ3) is 5.80. The van der Waals surface area contributed by atoms with E-state index in [9.17, 15) is 0 Å². The highest BCUT2D eigenvalue weighted by molar-refractivity contribution is 4.98. The molecule has 4 heteroatoms. The predicted octanol–water partition coefficient (Wildman–Crippen LogP) is 3.81. The van der Waals surface area contributed by atoms with Crippen LogP contribution in [0.25, 0.3) is 0 Å². The molecular weight excluding hydrogens is 280 g/mol. The minimum atomic E-state index is -0.252. The van der Waals surface area contributed by atoms with Crippen molar-refractivity contribution in [1.82, 2.24) is 0 Å². The Balaban J connectivity index is 2.95. The average Bonchev–Trinajstić information content (AvgIpc) is 2.61. The lowest BCUT2D eigenvalue weighted by molar-refractivity contribution is -0.140. The van der Waals surface area contributed by atoms with Gasteiger partial charge in [0.1, 0.15) is 18.3 Å². The average molecular weight is 316 g/mol. The maximum Gasteiger partial charge on any atom is 0.115 e. The van der Waals surface area contributed by atoms with Gasteiger partial charge < -0.3 is 18.9 Å². The lowest BCUT2D eigenvalue weighted by Gasteiger charge is -2.33. The molecule has 1 rings (SSSR count). The third-order valence-corrected chi connectivity index (χ3v) is 3.61. The van der Waals surface area contributed by atoms with Crippen LogP contribution in [0.3, 0.4) is 0 Å². The Morgan fingerprint density at radius 2 is 1.36 bits per heavy atom. The summed E-state index contributed by atoms with van der Waals surface area (Å²) in [5.74, 6) is 0. The van der Waals surface area contributed by atoms with E-state index in [0.717, 1.165) is 0 Å². The molecule has 0 radical (unpaired) electrons. The molecule has 0 aliphatic carbocycles. The Bertz CT molecular complexity index is 346. The molecule has 0 spiro atoms. The highest BCUT2D eigenvalue weighted by Gasteiger charge is 2.51. The van der Waals surface area contributed by atoms with E-state index in [-0.39, 0.29) is 41.0 Å². The molecule has 0 aromatic carbocycles. The fraction of sp³-hybridized carbons (Fsp3) is 1.00. The molecule has 0 bridgehead atoms. The van der Waals surface area contributed by atoms with Gasteiger partial charge in [-0.2, -0.15) is 0 Å². The molecule has 0 N–H and O–H groups in total. The van der Waals surface area contributed by atoms with E-state index in [1.807, 2.05) is 0 Å². The first kappa shape index (κ1) is 19.9. The Kier molecular flexibility index (Phi) is 6.11. The topological polar surface area (TPSA) is 36.9 Å². The molecule has 1 saturated heterocycles. The summed E-state index contributed by atoms with van der Waals surface area (Å²) >= 11 is 0. The molecule has 1 aliphatic heterocycles. The quantitative estimate of drug-likeness (QED) is 0.790. The van der Waals surface area contributed by atoms with E-state index >= 15 is 0 Å². The molecular formula is C18H36O4. The van der Waals surface area contributed by atoms with Crippen LogP contribution in [0.5, 0.6) is 0 Å². The van der Waals surface area contributed by atoms with E-state index in [4.69, 9.17) is 18.9 Å². The normalized spacial score (nSPS) is 30.8. The second-order valence-corrected chi connectivity index (χ2v) is 9.28. The Hall–Kier alpha value is -0.160. The summed E-state index contributed by atoms with van der Waals surface area (Å²) < 4.78 is 24.3. The molecule has 0 aromatic heterocycles. The Labute approximate surface area is 136 Å². The van der Waals surface area contributed by atoms with Gasteiger partial charge in [0.15, 0.2) is 0 Å². The van der Waals surface area contributed by atoms with Gasteiger partial charge in [-0.3, -0.25) is 0 Å². The number of hydrogen-bond acceptors (Lipinski definition) is 4. The van der Waals surface area contributed by atoms with Crippen molar-refractivity contribution < 1.29 is 18.9 Å². The second kappa shape index (κ2) is 6.76. The first-order chi connectivity index (χ1) is 9.74. The van der Waals surface area contributed by atoms with Gasteiger partial charge in [0.2, 0.25) is 0 Å². The second-order valence-electron chi connectivity index (χ2n) is 9.28. The molecule has 4 atom stereocenters. The zero-order valence-corrected chi connectivity index (χ0v) is 16.1. The number of ether oxygens (including phenoxy) is 4. The van der Waals surface area contributed by atoms with Crippen molar-refractivity contribution in [2.24, 2.45) is 5.41 Å². The summed E-state index contributed by atoms with van der Waals surface area (Å²) in [6.07, 6.45) is -0.351. The zero-order chi connectivity index (χ0) is 17.3. The monoisotopic (exact) mass is 316 g/mol. The highest BCUT2D eigenvalue weighted by Crippen LogP contribution is 2.38. The van der Waals surface area contributed by atoms with Gasteiger partial charge in [0, 0.05) is 7.11 Å². The summed E-state index contributed by atoms with van der Waals surface area (Å²) in [6.45, 7) is 19.4. The maximum atomic E-state index is 6.31. The van der Waals surface area contributed by atoms with Crippen molar-refractivity contribution in [1.29, 1.82) is 0 Å². The van der Waals surface area contributed by atoms with Crippen molar-refractivity contribution in [3.05, 3.63) is 0 Å². The standard InChI is InChI=1S/C18H36O4/c1-16(2,3)15-14(19-10)13(22-18(7,8)9)12(21-15)11-20-17(4,5)6/h12-15H,11H2,1-10H3/t12-,13?,14+,15-/m1/s1. The molecule has 0 aromatic rings. The summed E-state index contributed by atoms with van der Waals surface area (Å²) in [5.41, 5.74) is -0.466. The molecule has 1 aliphatic rings. The van der Waals surface area contributed by atoms with Crippen LogP contribution in [0.15, 0.2) is 0 Å². The van der Waals surface area contributed by atoms with Crippen LogP contribution in [0, 0.1) is 5.41 Å². The molecule has 1 fully saturated rings. The van der Waals surface area contributed by atoms with Crippen LogP contribution in [-0.2, 0) is 18.9 Å². The summed E-state index contributed by atoms with van der Waals surface area (Å²) in [6, 6.07) is 0. The van der Waals surface area contributed by atoms with Crippen LogP contribution in [0.2, 0.25) is 0 Å². The van der Waals surface area contributed by atoms with Crippen LogP contribution in [-0.4, -0.2) is 49.3 Å². The lowest BCUT2D eigenvalue weighted by Crippen LogP contribution is -2.45. The third-order valence-electron chi connectivity index (χ3n) is 3.61. The smallest absolute Gasteiger partial charge is 0.115 e. The van der Waals surface area contributed by atoms with Gasteiger partial charge in [-0.05, 0) is 47.0 Å². The van der Waals surface area contributed by atoms with Crippen molar-refractivity contribution >= 4 is 0 Å². The summed E-state index contributed by atoms with van der Waals surface area (Å²) in [7, 11) is 1.73. The number of methoxy groups -OCH3 is 1. The fourth-order valence-corrected chi connectivity index (χ4v) is 2.70. The van der Waals surface area contributed by atoms with Gasteiger partial charge in [0.05, 0.1) is 23.9 Å². The van der Waals surface area contributed by atoms with Crippen molar-refractivity contribution in [2.75, 3.05) is 13.7 Å². The molecule has 0 amide bonds. The molecule has 4 nitrogen and oxygen atoms in total. The first-order valence-corrected chi connectivity index (χ1v) is 8.24. The number of hydrogen-bond donors (Lipinski definition) is 0. The lowest BCUT2D eigenvalue weighted by atomic mass is 9.85. The van der Waals surface area contributed by atoms with Gasteiger partial charge in [0.25, 0.3) is 0 Å². The van der Waals surface area contributed by atoms with Gasteiger partial charge in [-0.25, -0.2) is 0 Å². The largest absolute Gasteiger partial charge is 0.376 e. The zero-order valence-electron chi connectivity index (χ0n) is 16.1. The Morgan fingerprint density at radius 1 is 0.818 bits per heavy atom.